The molecule has 1 heterocycles. The Balaban J connectivity index is 2.66. The van der Waals surface area contributed by atoms with Crippen molar-refractivity contribution in [3.05, 3.63) is 6.20 Å². The van der Waals surface area contributed by atoms with Crippen LogP contribution in [0.4, 0.5) is 18.3 Å². The largest absolute Gasteiger partial charge is 0.471 e. The third-order valence-corrected chi connectivity index (χ3v) is 2.71. The van der Waals surface area contributed by atoms with Gasteiger partial charge in [-0.15, -0.1) is 0 Å². The van der Waals surface area contributed by atoms with Gasteiger partial charge in [0.25, 0.3) is 0 Å². The van der Waals surface area contributed by atoms with Crippen molar-refractivity contribution in [2.24, 2.45) is 0 Å². The third kappa shape index (κ3) is 3.41. The number of thiocyanates is 1. The van der Waals surface area contributed by atoms with Crippen LogP contribution in [0.5, 0.6) is 0 Å². The monoisotopic (exact) mass is 253 g/mol. The molecule has 0 radical (unpaired) electrons. The SMILES string of the molecule is N#CSc1cnc(NC(=O)C(F)(F)F)s1. The maximum atomic E-state index is 11.8. The Morgan fingerprint density at radius 1 is 1.67 bits per heavy atom. The van der Waals surface area contributed by atoms with E-state index in [1.165, 1.54) is 6.20 Å². The molecule has 9 heteroatoms. The molecule has 0 aliphatic carbocycles. The molecule has 0 saturated heterocycles. The standard InChI is InChI=1S/C6H2F3N3OS2/c7-6(8,9)4(13)12-5-11-1-3(15-5)14-2-10/h1H,(H,11,12,13). The maximum absolute atomic E-state index is 11.8. The molecule has 1 aromatic heterocycles. The molecular formula is C6H2F3N3OS2. The van der Waals surface area contributed by atoms with Gasteiger partial charge in [0.15, 0.2) is 5.13 Å². The van der Waals surface area contributed by atoms with E-state index in [9.17, 15) is 18.0 Å². The number of nitrogens with zero attached hydrogens (tertiary/aromatic N) is 2. The normalized spacial score (nSPS) is 10.8. The molecule has 1 N–H and O–H groups in total. The lowest BCUT2D eigenvalue weighted by molar-refractivity contribution is -0.167. The molecule has 0 aromatic carbocycles. The van der Waals surface area contributed by atoms with Gasteiger partial charge in [-0.25, -0.2) is 4.98 Å². The Morgan fingerprint density at radius 2 is 2.33 bits per heavy atom. The van der Waals surface area contributed by atoms with E-state index < -0.39 is 12.1 Å². The lowest BCUT2D eigenvalue weighted by Gasteiger charge is -2.03. The van der Waals surface area contributed by atoms with Gasteiger partial charge in [-0.05, 0) is 0 Å². The van der Waals surface area contributed by atoms with Gasteiger partial charge in [0.1, 0.15) is 5.40 Å². The van der Waals surface area contributed by atoms with Crippen molar-refractivity contribution in [2.45, 2.75) is 10.4 Å². The van der Waals surface area contributed by atoms with E-state index in [0.717, 1.165) is 23.1 Å². The van der Waals surface area contributed by atoms with E-state index in [2.05, 4.69) is 4.98 Å². The second kappa shape index (κ2) is 4.50. The number of carbonyl (C=O) groups excluding carboxylic acids is 1. The first-order valence-electron chi connectivity index (χ1n) is 3.33. The molecule has 0 atom stereocenters. The molecule has 0 spiro atoms. The highest BCUT2D eigenvalue weighted by Crippen LogP contribution is 2.28. The van der Waals surface area contributed by atoms with Gasteiger partial charge in [0, 0.05) is 11.8 Å². The third-order valence-electron chi connectivity index (χ3n) is 1.11. The van der Waals surface area contributed by atoms with Crippen LogP contribution in [0.25, 0.3) is 0 Å². The molecule has 0 saturated carbocycles. The summed E-state index contributed by atoms with van der Waals surface area (Å²) in [5.74, 6) is -2.08. The highest BCUT2D eigenvalue weighted by molar-refractivity contribution is 8.05. The zero-order valence-electron chi connectivity index (χ0n) is 6.83. The van der Waals surface area contributed by atoms with Gasteiger partial charge in [-0.2, -0.15) is 18.4 Å². The molecule has 0 aliphatic rings. The van der Waals surface area contributed by atoms with E-state index in [-0.39, 0.29) is 5.13 Å². The second-order valence-electron chi connectivity index (χ2n) is 2.13. The summed E-state index contributed by atoms with van der Waals surface area (Å²) in [4.78, 5) is 14.0. The van der Waals surface area contributed by atoms with E-state index in [1.54, 1.807) is 10.7 Å². The summed E-state index contributed by atoms with van der Waals surface area (Å²) >= 11 is 1.56. The average Bonchev–Trinajstić information content (AvgIpc) is 2.51. The minimum absolute atomic E-state index is 0.185. The number of alkyl halides is 3. The van der Waals surface area contributed by atoms with Gasteiger partial charge in [-0.3, -0.25) is 10.1 Å². The first-order valence-corrected chi connectivity index (χ1v) is 4.96. The molecule has 0 aliphatic heterocycles. The fraction of sp³-hybridized carbons (Fsp3) is 0.167. The predicted molar refractivity (Wildman–Crippen MR) is 48.3 cm³/mol. The van der Waals surface area contributed by atoms with E-state index in [0.29, 0.717) is 4.21 Å². The molecule has 0 fully saturated rings. The van der Waals surface area contributed by atoms with Crippen LogP contribution in [0.3, 0.4) is 0 Å². The van der Waals surface area contributed by atoms with Gasteiger partial charge < -0.3 is 0 Å². The van der Waals surface area contributed by atoms with Gasteiger partial charge >= 0.3 is 12.1 Å². The van der Waals surface area contributed by atoms with E-state index >= 15 is 0 Å². The number of nitrogens with one attached hydrogen (secondary N) is 1. The fourth-order valence-corrected chi connectivity index (χ4v) is 1.83. The molecular weight excluding hydrogens is 251 g/mol. The number of nitriles is 1. The topological polar surface area (TPSA) is 65.8 Å². The summed E-state index contributed by atoms with van der Waals surface area (Å²) in [5.41, 5.74) is 0. The summed E-state index contributed by atoms with van der Waals surface area (Å²) in [5, 5.41) is 11.4. The highest BCUT2D eigenvalue weighted by atomic mass is 32.2. The van der Waals surface area contributed by atoms with Gasteiger partial charge in [0.2, 0.25) is 0 Å². The summed E-state index contributed by atoms with van der Waals surface area (Å²) in [7, 11) is 0. The number of halogens is 3. The fourth-order valence-electron chi connectivity index (χ4n) is 0.577. The van der Waals surface area contributed by atoms with Crippen LogP contribution in [0.2, 0.25) is 0 Å². The quantitative estimate of drug-likeness (QED) is 0.648. The van der Waals surface area contributed by atoms with Crippen LogP contribution in [0.1, 0.15) is 0 Å². The molecule has 1 amide bonds. The molecule has 1 aromatic rings. The molecule has 0 bridgehead atoms. The summed E-state index contributed by atoms with van der Waals surface area (Å²) in [6.45, 7) is 0. The second-order valence-corrected chi connectivity index (χ2v) is 4.25. The molecule has 1 rings (SSSR count). The van der Waals surface area contributed by atoms with Crippen LogP contribution >= 0.6 is 23.1 Å². The van der Waals surface area contributed by atoms with Crippen molar-refractivity contribution < 1.29 is 18.0 Å². The van der Waals surface area contributed by atoms with Crippen molar-refractivity contribution in [1.82, 2.24) is 4.98 Å². The van der Waals surface area contributed by atoms with E-state index in [1.807, 2.05) is 0 Å². The first kappa shape index (κ1) is 11.8. The van der Waals surface area contributed by atoms with Gasteiger partial charge in [-0.1, -0.05) is 11.3 Å². The minimum Gasteiger partial charge on any atom is -0.294 e. The number of hydrogen-bond acceptors (Lipinski definition) is 5. The van der Waals surface area contributed by atoms with E-state index in [4.69, 9.17) is 5.26 Å². The van der Waals surface area contributed by atoms with Crippen molar-refractivity contribution in [3.8, 4) is 5.40 Å². The number of amides is 1. The molecule has 0 unspecified atom stereocenters. The van der Waals surface area contributed by atoms with Crippen LogP contribution in [-0.4, -0.2) is 17.1 Å². The van der Waals surface area contributed by atoms with Crippen LogP contribution < -0.4 is 5.32 Å². The highest BCUT2D eigenvalue weighted by Gasteiger charge is 2.39. The Morgan fingerprint density at radius 3 is 2.87 bits per heavy atom. The number of aromatic nitrogens is 1. The Labute approximate surface area is 90.1 Å². The molecule has 15 heavy (non-hydrogen) atoms. The lowest BCUT2D eigenvalue weighted by Crippen LogP contribution is -2.29. The first-order chi connectivity index (χ1) is 6.93. The summed E-state index contributed by atoms with van der Waals surface area (Å²) in [6.07, 6.45) is -3.72. The van der Waals surface area contributed by atoms with Crippen LogP contribution in [0, 0.1) is 10.7 Å². The predicted octanol–water partition coefficient (Wildman–Crippen LogP) is 2.22. The number of rotatable bonds is 2. The number of hydrogen-bond donors (Lipinski definition) is 1. The maximum Gasteiger partial charge on any atom is 0.471 e. The van der Waals surface area contributed by atoms with Crippen LogP contribution in [0.15, 0.2) is 10.4 Å². The van der Waals surface area contributed by atoms with Crippen molar-refractivity contribution in [1.29, 1.82) is 5.26 Å². The zero-order valence-corrected chi connectivity index (χ0v) is 8.46. The van der Waals surface area contributed by atoms with Crippen LogP contribution in [-0.2, 0) is 4.79 Å². The zero-order chi connectivity index (χ0) is 11.5. The van der Waals surface area contributed by atoms with Gasteiger partial charge in [0.05, 0.1) is 10.4 Å². The van der Waals surface area contributed by atoms with Crippen molar-refractivity contribution in [2.75, 3.05) is 5.32 Å². The smallest absolute Gasteiger partial charge is 0.294 e. The number of thioether (sulfide) groups is 1. The average molecular weight is 253 g/mol. The number of anilines is 1. The van der Waals surface area contributed by atoms with Crippen molar-refractivity contribution in [3.63, 3.8) is 0 Å². The molecule has 4 nitrogen and oxygen atoms in total. The number of thiazole rings is 1. The lowest BCUT2D eigenvalue weighted by atomic mass is 10.6. The minimum atomic E-state index is -4.94. The number of carbonyl (C=O) groups is 1. The Hall–Kier alpha value is -1.27. The molecule has 80 valence electrons. The Kier molecular flexibility index (Phi) is 3.54. The van der Waals surface area contributed by atoms with Crippen molar-refractivity contribution >= 4 is 34.1 Å². The summed E-state index contributed by atoms with van der Waals surface area (Å²) < 4.78 is 35.8. The summed E-state index contributed by atoms with van der Waals surface area (Å²) in [6, 6.07) is 0. The Bertz CT molecular complexity index is 408.